The monoisotopic (exact) mass is 466 g/mol. The zero-order valence-electron chi connectivity index (χ0n) is 22.9. The summed E-state index contributed by atoms with van der Waals surface area (Å²) in [5, 5.41) is 6.68. The Labute approximate surface area is 212 Å². The largest absolute Gasteiger partial charge is 0.456 e. The van der Waals surface area contributed by atoms with Crippen LogP contribution in [0.25, 0.3) is 38.6 Å². The van der Waals surface area contributed by atoms with Gasteiger partial charge in [-0.05, 0) is 72.0 Å². The van der Waals surface area contributed by atoms with Gasteiger partial charge in [0.15, 0.2) is 0 Å². The lowest BCUT2D eigenvalue weighted by Crippen LogP contribution is -1.89. The minimum absolute atomic E-state index is 1.02. The molecule has 35 heavy (non-hydrogen) atoms. The van der Waals surface area contributed by atoms with Gasteiger partial charge in [-0.3, -0.25) is 0 Å². The molecular weight excluding hydrogens is 424 g/mol. The lowest BCUT2D eigenvalue weighted by molar-refractivity contribution is 0.595. The zero-order valence-corrected chi connectivity index (χ0v) is 22.9. The minimum Gasteiger partial charge on any atom is -0.456 e. The van der Waals surface area contributed by atoms with Crippen molar-refractivity contribution in [3.05, 3.63) is 101 Å². The summed E-state index contributed by atoms with van der Waals surface area (Å²) in [7, 11) is 0. The molecule has 1 aromatic heterocycles. The number of aryl methyl sites for hydroxylation is 3. The van der Waals surface area contributed by atoms with Crippen molar-refractivity contribution in [3.63, 3.8) is 0 Å². The summed E-state index contributed by atoms with van der Waals surface area (Å²) in [6.45, 7) is 16.3. The maximum Gasteiger partial charge on any atom is 0.135 e. The first-order valence-electron chi connectivity index (χ1n) is 13.3. The average Bonchev–Trinajstić information content (AvgIpc) is 3.31. The van der Waals surface area contributed by atoms with Crippen molar-refractivity contribution in [2.45, 2.75) is 68.2 Å². The van der Waals surface area contributed by atoms with Crippen molar-refractivity contribution in [1.82, 2.24) is 0 Å². The van der Waals surface area contributed by atoms with E-state index in [4.69, 9.17) is 4.42 Å². The van der Waals surface area contributed by atoms with Crippen molar-refractivity contribution in [2.24, 2.45) is 0 Å². The van der Waals surface area contributed by atoms with E-state index in [1.165, 1.54) is 43.6 Å². The molecule has 0 saturated carbocycles. The third kappa shape index (κ3) is 6.42. The predicted octanol–water partition coefficient (Wildman–Crippen LogP) is 11.1. The second-order valence-corrected chi connectivity index (χ2v) is 7.85. The Balaban J connectivity index is 0.000000204. The molecule has 1 heteroatoms. The number of benzene rings is 4. The van der Waals surface area contributed by atoms with Crippen molar-refractivity contribution in [2.75, 3.05) is 0 Å². The highest BCUT2D eigenvalue weighted by Gasteiger charge is 2.13. The molecule has 4 aromatic carbocycles. The summed E-state index contributed by atoms with van der Waals surface area (Å²) in [6.07, 6.45) is 6.52. The quantitative estimate of drug-likeness (QED) is 0.207. The Hall–Kier alpha value is -3.32. The average molecular weight is 467 g/mol. The fourth-order valence-corrected chi connectivity index (χ4v) is 4.33. The Morgan fingerprint density at radius 2 is 1.26 bits per heavy atom. The highest BCUT2D eigenvalue weighted by Crippen LogP contribution is 2.31. The van der Waals surface area contributed by atoms with E-state index in [0.717, 1.165) is 24.2 Å². The van der Waals surface area contributed by atoms with Gasteiger partial charge >= 0.3 is 0 Å². The number of furan rings is 1. The second kappa shape index (κ2) is 14.2. The van der Waals surface area contributed by atoms with Gasteiger partial charge in [0.05, 0.1) is 0 Å². The zero-order chi connectivity index (χ0) is 25.8. The standard InChI is InChI=1S/C15H12.C13H12O.3C2H6/c1-11-10-12-6-2-3-8-14(12)15-9-5-4-7-13(11)15;1-9-6-7-13-11(8-9)10-4-2-3-5-12(10)14-13;3*1-2/h2-10H,1H3;3,5-8H,2,4H2,1H3;3*1-2H3. The Kier molecular flexibility index (Phi) is 11.3. The van der Waals surface area contributed by atoms with Gasteiger partial charge in [-0.25, -0.2) is 0 Å². The van der Waals surface area contributed by atoms with Crippen LogP contribution in [0.4, 0.5) is 0 Å². The molecule has 1 aliphatic carbocycles. The molecule has 1 nitrogen and oxygen atoms in total. The van der Waals surface area contributed by atoms with Crippen LogP contribution in [0.5, 0.6) is 0 Å². The molecule has 0 bridgehead atoms. The highest BCUT2D eigenvalue weighted by atomic mass is 16.3. The van der Waals surface area contributed by atoms with Gasteiger partial charge in [0.2, 0.25) is 0 Å². The van der Waals surface area contributed by atoms with Gasteiger partial charge < -0.3 is 4.42 Å². The lowest BCUT2D eigenvalue weighted by atomic mass is 9.98. The van der Waals surface area contributed by atoms with Crippen LogP contribution in [-0.2, 0) is 6.42 Å². The maximum atomic E-state index is 5.76. The fraction of sp³-hybridized carbons (Fsp3) is 0.294. The van der Waals surface area contributed by atoms with Crippen LogP contribution in [0.1, 0.15) is 70.4 Å². The number of hydrogen-bond acceptors (Lipinski definition) is 1. The lowest BCUT2D eigenvalue weighted by Gasteiger charge is -2.06. The fourth-order valence-electron chi connectivity index (χ4n) is 4.33. The summed E-state index contributed by atoms with van der Waals surface area (Å²) in [5.74, 6) is 1.05. The Bertz CT molecular complexity index is 1370. The molecule has 0 fully saturated rings. The van der Waals surface area contributed by atoms with Gasteiger partial charge in [0.25, 0.3) is 0 Å². The molecule has 1 heterocycles. The molecule has 1 aliphatic rings. The minimum atomic E-state index is 1.02. The van der Waals surface area contributed by atoms with E-state index in [1.807, 2.05) is 41.5 Å². The Morgan fingerprint density at radius 1 is 0.629 bits per heavy atom. The second-order valence-electron chi connectivity index (χ2n) is 7.85. The molecular formula is C34H42O. The molecule has 6 rings (SSSR count). The normalized spacial score (nSPS) is 11.1. The van der Waals surface area contributed by atoms with Crippen LogP contribution in [0.15, 0.2) is 83.3 Å². The summed E-state index contributed by atoms with van der Waals surface area (Å²) in [5.41, 5.74) is 5.05. The van der Waals surface area contributed by atoms with Crippen LogP contribution >= 0.6 is 0 Å². The first-order chi connectivity index (χ1) is 17.2. The van der Waals surface area contributed by atoms with Crippen LogP contribution < -0.4 is 0 Å². The van der Waals surface area contributed by atoms with Gasteiger partial charge in [0.1, 0.15) is 11.3 Å². The molecule has 0 amide bonds. The molecule has 0 spiro atoms. The smallest absolute Gasteiger partial charge is 0.135 e. The van der Waals surface area contributed by atoms with Gasteiger partial charge in [0, 0.05) is 10.9 Å². The van der Waals surface area contributed by atoms with Crippen molar-refractivity contribution in [3.8, 4) is 0 Å². The molecule has 0 N–H and O–H groups in total. The summed E-state index contributed by atoms with van der Waals surface area (Å²) in [6, 6.07) is 25.8. The third-order valence-electron chi connectivity index (χ3n) is 5.78. The van der Waals surface area contributed by atoms with E-state index in [0.29, 0.717) is 0 Å². The van der Waals surface area contributed by atoms with E-state index in [2.05, 4.69) is 98.8 Å². The summed E-state index contributed by atoms with van der Waals surface area (Å²) < 4.78 is 5.76. The van der Waals surface area contributed by atoms with E-state index in [-0.39, 0.29) is 0 Å². The molecule has 184 valence electrons. The topological polar surface area (TPSA) is 13.1 Å². The van der Waals surface area contributed by atoms with E-state index < -0.39 is 0 Å². The number of rotatable bonds is 0. The number of fused-ring (bicyclic) bond motifs is 6. The van der Waals surface area contributed by atoms with E-state index >= 15 is 0 Å². The van der Waals surface area contributed by atoms with Crippen molar-refractivity contribution < 1.29 is 4.42 Å². The number of hydrogen-bond donors (Lipinski definition) is 0. The molecule has 0 saturated heterocycles. The van der Waals surface area contributed by atoms with Crippen LogP contribution in [0, 0.1) is 13.8 Å². The van der Waals surface area contributed by atoms with Crippen molar-refractivity contribution in [1.29, 1.82) is 0 Å². The molecule has 5 aromatic rings. The van der Waals surface area contributed by atoms with Gasteiger partial charge in [-0.15, -0.1) is 0 Å². The molecule has 0 unspecified atom stereocenters. The van der Waals surface area contributed by atoms with Gasteiger partial charge in [-0.1, -0.05) is 114 Å². The third-order valence-corrected chi connectivity index (χ3v) is 5.78. The van der Waals surface area contributed by atoms with E-state index in [9.17, 15) is 0 Å². The Morgan fingerprint density at radius 3 is 1.97 bits per heavy atom. The predicted molar refractivity (Wildman–Crippen MR) is 159 cm³/mol. The van der Waals surface area contributed by atoms with E-state index in [1.54, 1.807) is 0 Å². The summed E-state index contributed by atoms with van der Waals surface area (Å²) in [4.78, 5) is 0. The molecule has 0 atom stereocenters. The van der Waals surface area contributed by atoms with Gasteiger partial charge in [-0.2, -0.15) is 0 Å². The first kappa shape index (κ1) is 27.9. The molecule has 0 radical (unpaired) electrons. The van der Waals surface area contributed by atoms with Crippen LogP contribution in [0.2, 0.25) is 0 Å². The van der Waals surface area contributed by atoms with Crippen LogP contribution in [-0.4, -0.2) is 0 Å². The maximum absolute atomic E-state index is 5.76. The highest BCUT2D eigenvalue weighted by molar-refractivity contribution is 6.08. The van der Waals surface area contributed by atoms with Crippen molar-refractivity contribution >= 4 is 38.6 Å². The SMILES string of the molecule is CC.CC.CC.Cc1cc2ccccc2c2ccccc12.Cc1ccc2oc3c(c2c1)CCC=C3. The summed E-state index contributed by atoms with van der Waals surface area (Å²) >= 11 is 0. The van der Waals surface area contributed by atoms with Crippen LogP contribution in [0.3, 0.4) is 0 Å². The first-order valence-corrected chi connectivity index (χ1v) is 13.3. The number of allylic oxidation sites excluding steroid dienone is 1. The molecule has 0 aliphatic heterocycles.